The largest absolute Gasteiger partial charge is 1.00 e. The van der Waals surface area contributed by atoms with Crippen LogP contribution in [-0.4, -0.2) is 23.2 Å². The van der Waals surface area contributed by atoms with Crippen molar-refractivity contribution in [3.8, 4) is 5.75 Å². The summed E-state index contributed by atoms with van der Waals surface area (Å²) >= 11 is 1.52. The van der Waals surface area contributed by atoms with E-state index < -0.39 is 15.6 Å². The van der Waals surface area contributed by atoms with Gasteiger partial charge >= 0.3 is 29.6 Å². The third-order valence-electron chi connectivity index (χ3n) is 2.78. The predicted molar refractivity (Wildman–Crippen MR) is 78.8 cm³/mol. The molecule has 0 spiro atoms. The van der Waals surface area contributed by atoms with Crippen molar-refractivity contribution in [1.82, 2.24) is 0 Å². The fourth-order valence-corrected chi connectivity index (χ4v) is 3.00. The summed E-state index contributed by atoms with van der Waals surface area (Å²) in [5.41, 5.74) is -0.948. The maximum atomic E-state index is 10.7. The number of hydrogen-bond acceptors (Lipinski definition) is 6. The Bertz CT molecular complexity index is 699. The Hall–Kier alpha value is -0.540. The van der Waals surface area contributed by atoms with E-state index >= 15 is 0 Å². The zero-order chi connectivity index (χ0) is 15.5. The first kappa shape index (κ1) is 19.5. The molecule has 1 unspecified atom stereocenters. The Kier molecular flexibility index (Phi) is 7.40. The van der Waals surface area contributed by atoms with Crippen LogP contribution in [-0.2, 0) is 15.9 Å². The van der Waals surface area contributed by atoms with Crippen LogP contribution in [0.2, 0.25) is 0 Å². The maximum Gasteiger partial charge on any atom is 1.00 e. The molecule has 0 radical (unpaired) electrons. The summed E-state index contributed by atoms with van der Waals surface area (Å²) in [6.07, 6.45) is 0. The Balaban J connectivity index is 0.00000242. The molecule has 0 saturated heterocycles. The van der Waals surface area contributed by atoms with Gasteiger partial charge in [-0.1, -0.05) is 24.3 Å². The molecule has 112 valence electrons. The van der Waals surface area contributed by atoms with Gasteiger partial charge in [0.25, 0.3) is 0 Å². The molecule has 0 aromatic heterocycles. The molecule has 0 aliphatic heterocycles. The summed E-state index contributed by atoms with van der Waals surface area (Å²) in [5.74, 6) is 0.892. The van der Waals surface area contributed by atoms with Gasteiger partial charge in [0.2, 0.25) is 0 Å². The van der Waals surface area contributed by atoms with Crippen molar-refractivity contribution in [2.75, 3.05) is 0 Å². The van der Waals surface area contributed by atoms with Gasteiger partial charge in [-0.2, -0.15) is 0 Å². The van der Waals surface area contributed by atoms with Gasteiger partial charge in [-0.3, -0.25) is 0 Å². The van der Waals surface area contributed by atoms with E-state index in [1.54, 1.807) is 24.3 Å². The summed E-state index contributed by atoms with van der Waals surface area (Å²) in [7, 11) is -4.75. The monoisotopic (exact) mass is 348 g/mol. The van der Waals surface area contributed by atoms with E-state index in [0.717, 1.165) is 10.5 Å². The molecular formula is C14H13NaO5S2. The van der Waals surface area contributed by atoms with Crippen molar-refractivity contribution >= 4 is 21.9 Å². The Labute approximate surface area is 155 Å². The normalized spacial score (nSPS) is 12.5. The number of aromatic hydroxyl groups is 1. The van der Waals surface area contributed by atoms with Crippen LogP contribution in [0.5, 0.6) is 5.75 Å². The molecule has 5 nitrogen and oxygen atoms in total. The van der Waals surface area contributed by atoms with Crippen LogP contribution < -0.4 is 29.6 Å². The summed E-state index contributed by atoms with van der Waals surface area (Å²) in [5, 5.41) is 18.5. The van der Waals surface area contributed by atoms with E-state index in [0.29, 0.717) is 5.75 Å². The van der Waals surface area contributed by atoms with Gasteiger partial charge in [-0.05, 0) is 35.4 Å². The molecule has 2 N–H and O–H groups in total. The van der Waals surface area contributed by atoms with Crippen LogP contribution in [0.1, 0.15) is 16.6 Å². The number of rotatable bonds is 5. The van der Waals surface area contributed by atoms with E-state index in [1.165, 1.54) is 23.9 Å². The first-order chi connectivity index (χ1) is 9.86. The minimum absolute atomic E-state index is 0. The quantitative estimate of drug-likeness (QED) is 0.418. The van der Waals surface area contributed by atoms with Gasteiger partial charge in [0.05, 0.1) is 0 Å². The standard InChI is InChI=1S/C14H14O5S2.Na/c15-12-5-1-10(2-6-12)9-20-13-7-3-11(4-8-13)14(16)21(17,18)19;/h1-8,14-16H,9H2,(H,17,18,19);/q;+1/p-1. The van der Waals surface area contributed by atoms with Crippen LogP contribution in [0.3, 0.4) is 0 Å². The van der Waals surface area contributed by atoms with Gasteiger partial charge in [0.1, 0.15) is 15.9 Å². The zero-order valence-corrected chi connectivity index (χ0v) is 15.5. The SMILES string of the molecule is O=S(=O)([O-])C(O)c1ccc(SCc2ccc(O)cc2)cc1.[Na+]. The molecule has 0 fully saturated rings. The molecule has 1 atom stereocenters. The van der Waals surface area contributed by atoms with Gasteiger partial charge in [0, 0.05) is 10.6 Å². The second-order valence-corrected chi connectivity index (χ2v) is 6.85. The van der Waals surface area contributed by atoms with Crippen molar-refractivity contribution in [2.45, 2.75) is 16.1 Å². The second-order valence-electron chi connectivity index (χ2n) is 4.37. The number of phenolic OH excluding ortho intramolecular Hbond substituents is 1. The van der Waals surface area contributed by atoms with E-state index in [9.17, 15) is 23.2 Å². The summed E-state index contributed by atoms with van der Waals surface area (Å²) in [6.45, 7) is 0. The number of phenols is 1. The minimum atomic E-state index is -4.75. The average molecular weight is 348 g/mol. The van der Waals surface area contributed by atoms with Gasteiger partial charge in [-0.15, -0.1) is 11.8 Å². The van der Waals surface area contributed by atoms with Crippen molar-refractivity contribution < 1.29 is 52.7 Å². The fraction of sp³-hybridized carbons (Fsp3) is 0.143. The third kappa shape index (κ3) is 5.58. The molecule has 22 heavy (non-hydrogen) atoms. The number of hydrogen-bond donors (Lipinski definition) is 2. The summed E-state index contributed by atoms with van der Waals surface area (Å²) < 4.78 is 32.2. The molecule has 0 aliphatic rings. The van der Waals surface area contributed by atoms with Crippen LogP contribution in [0.15, 0.2) is 53.4 Å². The first-order valence-corrected chi connectivity index (χ1v) is 8.45. The third-order valence-corrected chi connectivity index (χ3v) is 4.68. The van der Waals surface area contributed by atoms with Crippen LogP contribution >= 0.6 is 11.8 Å². The van der Waals surface area contributed by atoms with Crippen LogP contribution in [0.4, 0.5) is 0 Å². The molecule has 0 bridgehead atoms. The first-order valence-electron chi connectivity index (χ1n) is 6.00. The van der Waals surface area contributed by atoms with E-state index in [1.807, 2.05) is 12.1 Å². The molecule has 2 aromatic rings. The number of aliphatic hydroxyl groups is 1. The van der Waals surface area contributed by atoms with Crippen molar-refractivity contribution in [3.63, 3.8) is 0 Å². The number of benzene rings is 2. The van der Waals surface area contributed by atoms with Gasteiger partial charge in [-0.25, -0.2) is 8.42 Å². The van der Waals surface area contributed by atoms with E-state index in [-0.39, 0.29) is 40.9 Å². The van der Waals surface area contributed by atoms with Gasteiger partial charge < -0.3 is 14.8 Å². The predicted octanol–water partition coefficient (Wildman–Crippen LogP) is -0.775. The van der Waals surface area contributed by atoms with Crippen molar-refractivity contribution in [1.29, 1.82) is 0 Å². The van der Waals surface area contributed by atoms with E-state index in [4.69, 9.17) is 0 Å². The summed E-state index contributed by atoms with van der Waals surface area (Å²) in [4.78, 5) is 0.877. The minimum Gasteiger partial charge on any atom is -0.746 e. The molecule has 2 aromatic carbocycles. The molecule has 0 amide bonds. The van der Waals surface area contributed by atoms with Gasteiger partial charge in [0.15, 0.2) is 5.44 Å². The maximum absolute atomic E-state index is 10.7. The number of aliphatic hydroxyl groups excluding tert-OH is 1. The van der Waals surface area contributed by atoms with Crippen molar-refractivity contribution in [2.24, 2.45) is 0 Å². The topological polar surface area (TPSA) is 97.7 Å². The Morgan fingerprint density at radius 1 is 1.05 bits per heavy atom. The molecule has 8 heteroatoms. The van der Waals surface area contributed by atoms with E-state index in [2.05, 4.69) is 0 Å². The number of thioether (sulfide) groups is 1. The van der Waals surface area contributed by atoms with Crippen LogP contribution in [0.25, 0.3) is 0 Å². The summed E-state index contributed by atoms with van der Waals surface area (Å²) in [6, 6.07) is 13.0. The second kappa shape index (κ2) is 8.35. The molecule has 0 saturated carbocycles. The molecule has 2 rings (SSSR count). The zero-order valence-electron chi connectivity index (χ0n) is 11.8. The fourth-order valence-electron chi connectivity index (χ4n) is 1.65. The molecule has 0 aliphatic carbocycles. The van der Waals surface area contributed by atoms with Crippen LogP contribution in [0, 0.1) is 0 Å². The van der Waals surface area contributed by atoms with Crippen molar-refractivity contribution in [3.05, 3.63) is 59.7 Å². The molecule has 0 heterocycles. The smallest absolute Gasteiger partial charge is 0.746 e. The Morgan fingerprint density at radius 3 is 2.09 bits per heavy atom. The Morgan fingerprint density at radius 2 is 1.59 bits per heavy atom. The average Bonchev–Trinajstić information content (AvgIpc) is 2.45. The molecular weight excluding hydrogens is 335 g/mol.